The molecule has 1 unspecified atom stereocenters. The van der Waals surface area contributed by atoms with Crippen molar-refractivity contribution >= 4 is 28.0 Å². The molecular weight excluding hydrogens is 426 g/mol. The number of rotatable bonds is 6. The average Bonchev–Trinajstić information content (AvgIpc) is 2.97. The van der Waals surface area contributed by atoms with E-state index in [0.717, 1.165) is 10.0 Å². The minimum Gasteiger partial charge on any atom is -0.465 e. The van der Waals surface area contributed by atoms with Gasteiger partial charge in [0.05, 0.1) is 18.3 Å². The topological polar surface area (TPSA) is 82.5 Å². The van der Waals surface area contributed by atoms with Crippen molar-refractivity contribution in [3.05, 3.63) is 40.8 Å². The quantitative estimate of drug-likeness (QED) is 0.655. The van der Waals surface area contributed by atoms with Crippen molar-refractivity contribution in [2.24, 2.45) is 0 Å². The van der Waals surface area contributed by atoms with Crippen molar-refractivity contribution in [1.82, 2.24) is 14.9 Å². The van der Waals surface area contributed by atoms with Gasteiger partial charge in [0.2, 0.25) is 0 Å². The summed E-state index contributed by atoms with van der Waals surface area (Å²) in [6, 6.07) is 7.23. The Bertz CT molecular complexity index is 825. The second-order valence-corrected chi connectivity index (χ2v) is 8.21. The smallest absolute Gasteiger partial charge is 0.408 e. The molecule has 1 aromatic heterocycles. The van der Waals surface area contributed by atoms with E-state index in [1.165, 1.54) is 0 Å². The van der Waals surface area contributed by atoms with Gasteiger partial charge in [0.15, 0.2) is 0 Å². The molecule has 0 radical (unpaired) electrons. The molecule has 8 heteroatoms. The number of carbonyl (C=O) groups excluding carboxylic acids is 2. The molecule has 0 aliphatic carbocycles. The van der Waals surface area contributed by atoms with E-state index < -0.39 is 17.7 Å². The largest absolute Gasteiger partial charge is 0.465 e. The summed E-state index contributed by atoms with van der Waals surface area (Å²) in [6.07, 6.45) is 1.24. The summed E-state index contributed by atoms with van der Waals surface area (Å²) in [6.45, 7) is 9.24. The first-order valence-electron chi connectivity index (χ1n) is 9.07. The number of alkyl carbamates (subject to hydrolysis) is 1. The predicted octanol–water partition coefficient (Wildman–Crippen LogP) is 4.46. The van der Waals surface area contributed by atoms with Gasteiger partial charge >= 0.3 is 12.1 Å². The van der Waals surface area contributed by atoms with Crippen LogP contribution in [0.4, 0.5) is 4.79 Å². The van der Waals surface area contributed by atoms with Gasteiger partial charge in [-0.1, -0.05) is 28.1 Å². The molecule has 2 rings (SSSR count). The lowest BCUT2D eigenvalue weighted by atomic mass is 10.2. The fraction of sp³-hybridized carbons (Fsp3) is 0.450. The minimum absolute atomic E-state index is 0.00698. The van der Waals surface area contributed by atoms with E-state index in [9.17, 15) is 9.59 Å². The molecule has 0 aliphatic rings. The molecule has 2 aromatic rings. The third-order valence-corrected chi connectivity index (χ3v) is 4.20. The van der Waals surface area contributed by atoms with Crippen molar-refractivity contribution in [1.29, 1.82) is 0 Å². The molecule has 1 atom stereocenters. The molecule has 0 spiro atoms. The van der Waals surface area contributed by atoms with E-state index in [4.69, 9.17) is 9.47 Å². The summed E-state index contributed by atoms with van der Waals surface area (Å²) in [5.41, 5.74) is 0.994. The third-order valence-electron chi connectivity index (χ3n) is 3.67. The highest BCUT2D eigenvalue weighted by Crippen LogP contribution is 2.24. The highest BCUT2D eigenvalue weighted by atomic mass is 79.9. The van der Waals surface area contributed by atoms with Crippen LogP contribution < -0.4 is 5.32 Å². The molecule has 0 saturated heterocycles. The van der Waals surface area contributed by atoms with Crippen LogP contribution in [-0.4, -0.2) is 33.8 Å². The molecular formula is C20H26BrN3O4. The van der Waals surface area contributed by atoms with E-state index in [0.29, 0.717) is 18.1 Å². The number of halogens is 1. The van der Waals surface area contributed by atoms with Crippen molar-refractivity contribution < 1.29 is 19.1 Å². The summed E-state index contributed by atoms with van der Waals surface area (Å²) in [5.74, 6) is 0.171. The first-order chi connectivity index (χ1) is 13.1. The molecule has 0 fully saturated rings. The fourth-order valence-corrected chi connectivity index (χ4v) is 2.82. The lowest BCUT2D eigenvalue weighted by molar-refractivity contribution is -0.143. The van der Waals surface area contributed by atoms with E-state index in [1.807, 2.05) is 24.3 Å². The van der Waals surface area contributed by atoms with Crippen LogP contribution in [0.15, 0.2) is 34.9 Å². The number of esters is 1. The normalized spacial score (nSPS) is 12.4. The van der Waals surface area contributed by atoms with Gasteiger partial charge in [0.25, 0.3) is 0 Å². The maximum atomic E-state index is 12.1. The number of benzene rings is 1. The van der Waals surface area contributed by atoms with Crippen LogP contribution in [0.1, 0.15) is 46.5 Å². The average molecular weight is 452 g/mol. The van der Waals surface area contributed by atoms with Crippen LogP contribution in [0, 0.1) is 0 Å². The molecule has 0 saturated carbocycles. The number of hydrogen-bond acceptors (Lipinski definition) is 5. The molecule has 1 N–H and O–H groups in total. The first kappa shape index (κ1) is 21.9. The highest BCUT2D eigenvalue weighted by molar-refractivity contribution is 9.10. The van der Waals surface area contributed by atoms with Crippen LogP contribution in [0.5, 0.6) is 0 Å². The van der Waals surface area contributed by atoms with Crippen molar-refractivity contribution in [3.63, 3.8) is 0 Å². The van der Waals surface area contributed by atoms with Crippen molar-refractivity contribution in [2.75, 3.05) is 6.61 Å². The number of nitrogens with one attached hydrogen (secondary N) is 1. The standard InChI is InChI=1S/C20H26BrN3O4/c1-6-27-17(25)12-24-11-16(14-7-9-15(21)10-8-14)23-18(24)13(2)22-19(26)28-20(3,4)5/h7-11,13H,6,12H2,1-5H3,(H,22,26). The van der Waals surface area contributed by atoms with Crippen LogP contribution in [0.2, 0.25) is 0 Å². The molecule has 1 aromatic carbocycles. The van der Waals surface area contributed by atoms with E-state index in [1.54, 1.807) is 45.4 Å². The summed E-state index contributed by atoms with van der Waals surface area (Å²) >= 11 is 3.41. The molecule has 0 bridgehead atoms. The molecule has 28 heavy (non-hydrogen) atoms. The Kier molecular flexibility index (Phi) is 7.23. The summed E-state index contributed by atoms with van der Waals surface area (Å²) in [5, 5.41) is 2.77. The zero-order chi connectivity index (χ0) is 20.9. The maximum Gasteiger partial charge on any atom is 0.408 e. The van der Waals surface area contributed by atoms with Gasteiger partial charge in [-0.2, -0.15) is 0 Å². The van der Waals surface area contributed by atoms with Gasteiger partial charge < -0.3 is 19.4 Å². The minimum atomic E-state index is -0.604. The second kappa shape index (κ2) is 9.23. The molecule has 1 heterocycles. The SMILES string of the molecule is CCOC(=O)Cn1cc(-c2ccc(Br)cc2)nc1C(C)NC(=O)OC(C)(C)C. The van der Waals surface area contributed by atoms with Gasteiger partial charge in [-0.25, -0.2) is 9.78 Å². The lowest BCUT2D eigenvalue weighted by Crippen LogP contribution is -2.35. The van der Waals surface area contributed by atoms with E-state index in [-0.39, 0.29) is 12.5 Å². The van der Waals surface area contributed by atoms with Crippen LogP contribution in [0.25, 0.3) is 11.3 Å². The van der Waals surface area contributed by atoms with Gasteiger partial charge in [-0.05, 0) is 46.8 Å². The van der Waals surface area contributed by atoms with E-state index >= 15 is 0 Å². The summed E-state index contributed by atoms with van der Waals surface area (Å²) in [4.78, 5) is 28.8. The Morgan fingerprint density at radius 1 is 1.25 bits per heavy atom. The Morgan fingerprint density at radius 2 is 1.89 bits per heavy atom. The third kappa shape index (κ3) is 6.37. The summed E-state index contributed by atoms with van der Waals surface area (Å²) in [7, 11) is 0. The molecule has 1 amide bonds. The van der Waals surface area contributed by atoms with E-state index in [2.05, 4.69) is 26.2 Å². The van der Waals surface area contributed by atoms with Crippen LogP contribution in [-0.2, 0) is 20.8 Å². The van der Waals surface area contributed by atoms with Crippen molar-refractivity contribution in [3.8, 4) is 11.3 Å². The number of hydrogen-bond donors (Lipinski definition) is 1. The molecule has 152 valence electrons. The van der Waals surface area contributed by atoms with Gasteiger partial charge in [0.1, 0.15) is 18.0 Å². The number of aromatic nitrogens is 2. The molecule has 0 aliphatic heterocycles. The monoisotopic (exact) mass is 451 g/mol. The number of imidazole rings is 1. The zero-order valence-corrected chi connectivity index (χ0v) is 18.4. The number of ether oxygens (including phenoxy) is 2. The zero-order valence-electron chi connectivity index (χ0n) is 16.8. The maximum absolute atomic E-state index is 12.1. The van der Waals surface area contributed by atoms with Gasteiger partial charge in [-0.15, -0.1) is 0 Å². The number of amides is 1. The Balaban J connectivity index is 2.29. The molecule has 7 nitrogen and oxygen atoms in total. The lowest BCUT2D eigenvalue weighted by Gasteiger charge is -2.22. The highest BCUT2D eigenvalue weighted by Gasteiger charge is 2.22. The summed E-state index contributed by atoms with van der Waals surface area (Å²) < 4.78 is 13.0. The van der Waals surface area contributed by atoms with Crippen LogP contribution >= 0.6 is 15.9 Å². The van der Waals surface area contributed by atoms with Gasteiger partial charge in [0, 0.05) is 16.2 Å². The van der Waals surface area contributed by atoms with Crippen LogP contribution in [0.3, 0.4) is 0 Å². The fourth-order valence-electron chi connectivity index (χ4n) is 2.56. The second-order valence-electron chi connectivity index (χ2n) is 7.29. The number of carbonyl (C=O) groups is 2. The van der Waals surface area contributed by atoms with Gasteiger partial charge in [-0.3, -0.25) is 4.79 Å². The Hall–Kier alpha value is -2.35. The number of nitrogens with zero attached hydrogens (tertiary/aromatic N) is 2. The predicted molar refractivity (Wildman–Crippen MR) is 110 cm³/mol. The Labute approximate surface area is 173 Å². The van der Waals surface area contributed by atoms with Crippen molar-refractivity contribution in [2.45, 2.75) is 52.8 Å². The first-order valence-corrected chi connectivity index (χ1v) is 9.86. The Morgan fingerprint density at radius 3 is 2.46 bits per heavy atom.